The summed E-state index contributed by atoms with van der Waals surface area (Å²) in [5, 5.41) is 0. The molecule has 3 rings (SSSR count). The van der Waals surface area contributed by atoms with E-state index in [0.717, 1.165) is 6.42 Å². The average molecular weight is 222 g/mol. The van der Waals surface area contributed by atoms with E-state index in [0.29, 0.717) is 13.1 Å². The highest BCUT2D eigenvalue weighted by Crippen LogP contribution is 2.34. The predicted molar refractivity (Wildman–Crippen MR) is 47.2 cm³/mol. The van der Waals surface area contributed by atoms with Gasteiger partial charge in [-0.15, -0.1) is 0 Å². The lowest BCUT2D eigenvalue weighted by Gasteiger charge is -2.55. The first-order valence-corrected chi connectivity index (χ1v) is 4.93. The zero-order chi connectivity index (χ0) is 11.2. The number of carbonyl (C=O) groups is 1. The van der Waals surface area contributed by atoms with Crippen LogP contribution in [0, 0.1) is 0 Å². The Morgan fingerprint density at radius 1 is 1.33 bits per heavy atom. The molecule has 3 aliphatic heterocycles. The molecule has 0 radical (unpaired) electrons. The Hall–Kier alpha value is -0.780. The molecule has 6 heteroatoms. The predicted octanol–water partition coefficient (Wildman–Crippen LogP) is 0.854. The number of alkyl halides is 3. The van der Waals surface area contributed by atoms with Crippen molar-refractivity contribution in [2.75, 3.05) is 20.1 Å². The molecule has 0 saturated carbocycles. The summed E-state index contributed by atoms with van der Waals surface area (Å²) in [5.74, 6) is -0.767. The van der Waals surface area contributed by atoms with E-state index in [2.05, 4.69) is 4.90 Å². The fourth-order valence-electron chi connectivity index (χ4n) is 2.49. The molecular weight excluding hydrogens is 209 g/mol. The van der Waals surface area contributed by atoms with Crippen molar-refractivity contribution in [3.8, 4) is 0 Å². The van der Waals surface area contributed by atoms with Crippen molar-refractivity contribution < 1.29 is 18.0 Å². The molecule has 15 heavy (non-hydrogen) atoms. The number of nitrogens with zero attached hydrogens (tertiary/aromatic N) is 2. The van der Waals surface area contributed by atoms with Gasteiger partial charge in [0.2, 0.25) is 5.91 Å². The maximum atomic E-state index is 12.0. The van der Waals surface area contributed by atoms with Crippen molar-refractivity contribution in [3.63, 3.8) is 0 Å². The van der Waals surface area contributed by atoms with Crippen molar-refractivity contribution >= 4 is 5.91 Å². The van der Waals surface area contributed by atoms with Crippen LogP contribution in [-0.4, -0.2) is 54.1 Å². The lowest BCUT2D eigenvalue weighted by Crippen LogP contribution is -2.69. The van der Waals surface area contributed by atoms with Gasteiger partial charge in [0.15, 0.2) is 0 Å². The molecule has 2 atom stereocenters. The van der Waals surface area contributed by atoms with Crippen molar-refractivity contribution in [2.45, 2.75) is 31.1 Å². The van der Waals surface area contributed by atoms with Gasteiger partial charge in [-0.05, 0) is 13.5 Å². The Morgan fingerprint density at radius 3 is 2.33 bits per heavy atom. The first-order valence-electron chi connectivity index (χ1n) is 4.93. The minimum Gasteiger partial charge on any atom is -0.334 e. The SMILES string of the molecule is CN1CC2CC(C1)N2C(=O)CC(F)(F)F. The summed E-state index contributed by atoms with van der Waals surface area (Å²) in [6.07, 6.45) is -4.84. The summed E-state index contributed by atoms with van der Waals surface area (Å²) in [7, 11) is 1.92. The highest BCUT2D eigenvalue weighted by molar-refractivity contribution is 5.78. The molecule has 3 fully saturated rings. The van der Waals surface area contributed by atoms with Gasteiger partial charge in [0.25, 0.3) is 0 Å². The fourth-order valence-corrected chi connectivity index (χ4v) is 2.49. The minimum absolute atomic E-state index is 0.00333. The van der Waals surface area contributed by atoms with Gasteiger partial charge in [-0.3, -0.25) is 4.79 Å². The molecule has 3 aliphatic rings. The number of hydrogen-bond acceptors (Lipinski definition) is 2. The third-order valence-corrected chi connectivity index (χ3v) is 3.02. The Bertz CT molecular complexity index is 267. The molecule has 3 nitrogen and oxygen atoms in total. The maximum Gasteiger partial charge on any atom is 0.397 e. The van der Waals surface area contributed by atoms with Gasteiger partial charge in [0.1, 0.15) is 6.42 Å². The second-order valence-corrected chi connectivity index (χ2v) is 4.36. The van der Waals surface area contributed by atoms with Gasteiger partial charge < -0.3 is 9.80 Å². The number of piperazine rings is 1. The summed E-state index contributed by atoms with van der Waals surface area (Å²) >= 11 is 0. The monoisotopic (exact) mass is 222 g/mol. The summed E-state index contributed by atoms with van der Waals surface area (Å²) < 4.78 is 36.1. The molecule has 0 aromatic carbocycles. The molecule has 2 unspecified atom stereocenters. The van der Waals surface area contributed by atoms with Crippen molar-refractivity contribution in [2.24, 2.45) is 0 Å². The van der Waals surface area contributed by atoms with Crippen LogP contribution in [0.3, 0.4) is 0 Å². The van der Waals surface area contributed by atoms with Crippen LogP contribution in [0.5, 0.6) is 0 Å². The van der Waals surface area contributed by atoms with Crippen LogP contribution in [-0.2, 0) is 4.79 Å². The second-order valence-electron chi connectivity index (χ2n) is 4.36. The molecule has 0 spiro atoms. The van der Waals surface area contributed by atoms with Crippen LogP contribution in [0.1, 0.15) is 12.8 Å². The first-order chi connectivity index (χ1) is 6.87. The van der Waals surface area contributed by atoms with Crippen LogP contribution in [0.2, 0.25) is 0 Å². The van der Waals surface area contributed by atoms with E-state index in [1.54, 1.807) is 0 Å². The number of halogens is 3. The number of likely N-dealkylation sites (N-methyl/N-ethyl adjacent to an activating group) is 1. The average Bonchev–Trinajstić information content (AvgIpc) is 1.98. The topological polar surface area (TPSA) is 23.6 Å². The molecule has 3 heterocycles. The number of fused-ring (bicyclic) bond motifs is 2. The lowest BCUT2D eigenvalue weighted by atomic mass is 9.87. The Labute approximate surface area is 85.8 Å². The van der Waals surface area contributed by atoms with E-state index < -0.39 is 18.5 Å². The third kappa shape index (κ3) is 2.09. The summed E-state index contributed by atoms with van der Waals surface area (Å²) in [6, 6.07) is 0.00667. The van der Waals surface area contributed by atoms with Crippen molar-refractivity contribution in [1.82, 2.24) is 9.80 Å². The quantitative estimate of drug-likeness (QED) is 0.656. The van der Waals surface area contributed by atoms with E-state index in [9.17, 15) is 18.0 Å². The zero-order valence-corrected chi connectivity index (χ0v) is 8.42. The van der Waals surface area contributed by atoms with Gasteiger partial charge in [-0.2, -0.15) is 13.2 Å². The fraction of sp³-hybridized carbons (Fsp3) is 0.889. The highest BCUT2D eigenvalue weighted by atomic mass is 19.4. The van der Waals surface area contributed by atoms with E-state index >= 15 is 0 Å². The Kier molecular flexibility index (Phi) is 2.41. The molecule has 0 aliphatic carbocycles. The highest BCUT2D eigenvalue weighted by Gasteiger charge is 2.48. The van der Waals surface area contributed by atoms with Crippen LogP contribution >= 0.6 is 0 Å². The molecule has 0 aromatic rings. The summed E-state index contributed by atoms with van der Waals surface area (Å²) in [4.78, 5) is 14.8. The molecule has 1 amide bonds. The standard InChI is InChI=1S/C9H13F3N2O/c1-13-4-6-2-7(5-13)14(6)8(15)3-9(10,11)12/h6-7H,2-5H2,1H3. The summed E-state index contributed by atoms with van der Waals surface area (Å²) in [5.41, 5.74) is 0. The zero-order valence-electron chi connectivity index (χ0n) is 8.42. The van der Waals surface area contributed by atoms with Crippen LogP contribution in [0.25, 0.3) is 0 Å². The van der Waals surface area contributed by atoms with Crippen LogP contribution in [0.15, 0.2) is 0 Å². The molecular formula is C9H13F3N2O. The third-order valence-electron chi connectivity index (χ3n) is 3.02. The number of carbonyl (C=O) groups excluding carboxylic acids is 1. The van der Waals surface area contributed by atoms with E-state index in [4.69, 9.17) is 0 Å². The Morgan fingerprint density at radius 2 is 1.87 bits per heavy atom. The van der Waals surface area contributed by atoms with Gasteiger partial charge in [-0.25, -0.2) is 0 Å². The maximum absolute atomic E-state index is 12.0. The van der Waals surface area contributed by atoms with Crippen molar-refractivity contribution in [1.29, 1.82) is 0 Å². The Balaban J connectivity index is 1.94. The number of piperidine rings is 1. The smallest absolute Gasteiger partial charge is 0.334 e. The lowest BCUT2D eigenvalue weighted by molar-refractivity contribution is -0.176. The van der Waals surface area contributed by atoms with Gasteiger partial charge in [-0.1, -0.05) is 0 Å². The van der Waals surface area contributed by atoms with Gasteiger partial charge in [0, 0.05) is 25.2 Å². The number of amides is 1. The normalized spacial score (nSPS) is 31.3. The van der Waals surface area contributed by atoms with Crippen molar-refractivity contribution in [3.05, 3.63) is 0 Å². The number of hydrogen-bond donors (Lipinski definition) is 0. The van der Waals surface area contributed by atoms with Gasteiger partial charge in [0.05, 0.1) is 0 Å². The van der Waals surface area contributed by atoms with Gasteiger partial charge >= 0.3 is 6.18 Å². The van der Waals surface area contributed by atoms with E-state index in [1.807, 2.05) is 7.05 Å². The second kappa shape index (κ2) is 3.37. The molecule has 3 saturated heterocycles. The minimum atomic E-state index is -4.38. The molecule has 86 valence electrons. The van der Waals surface area contributed by atoms with Crippen LogP contribution < -0.4 is 0 Å². The van der Waals surface area contributed by atoms with E-state index in [1.165, 1.54) is 4.90 Å². The van der Waals surface area contributed by atoms with E-state index in [-0.39, 0.29) is 12.1 Å². The molecule has 0 N–H and O–H groups in total. The first kappa shape index (κ1) is 10.7. The summed E-state index contributed by atoms with van der Waals surface area (Å²) in [6.45, 7) is 1.39. The largest absolute Gasteiger partial charge is 0.397 e. The number of rotatable bonds is 1. The molecule has 2 bridgehead atoms. The van der Waals surface area contributed by atoms with Crippen LogP contribution in [0.4, 0.5) is 13.2 Å². The molecule has 0 aromatic heterocycles.